The van der Waals surface area contributed by atoms with E-state index in [1.54, 1.807) is 17.9 Å². The summed E-state index contributed by atoms with van der Waals surface area (Å²) < 4.78 is 15.1. The Morgan fingerprint density at radius 2 is 2.09 bits per heavy atom. The van der Waals surface area contributed by atoms with Crippen molar-refractivity contribution in [2.75, 3.05) is 5.32 Å². The normalized spacial score (nSPS) is 27.4. The van der Waals surface area contributed by atoms with Gasteiger partial charge in [-0.25, -0.2) is 15.2 Å². The number of halogens is 2. The van der Waals surface area contributed by atoms with E-state index in [9.17, 15) is 14.3 Å². The lowest BCUT2D eigenvalue weighted by molar-refractivity contribution is 0.0448. The number of amides is 1. The van der Waals surface area contributed by atoms with E-state index in [-0.39, 0.29) is 23.3 Å². The topological polar surface area (TPSA) is 144 Å². The highest BCUT2D eigenvalue weighted by atomic mass is 35.5. The number of imidazole rings is 1. The molecule has 2 aromatic rings. The maximum Gasteiger partial charge on any atom is 0.274 e. The van der Waals surface area contributed by atoms with Crippen LogP contribution in [-0.2, 0) is 7.05 Å². The first kappa shape index (κ1) is 22.5. The lowest BCUT2D eigenvalue weighted by atomic mass is 9.90. The van der Waals surface area contributed by atoms with Crippen LogP contribution in [0.3, 0.4) is 0 Å². The predicted molar refractivity (Wildman–Crippen MR) is 119 cm³/mol. The number of hydrazone groups is 1. The fourth-order valence-electron chi connectivity index (χ4n) is 5.37. The summed E-state index contributed by atoms with van der Waals surface area (Å²) in [6.45, 7) is 0. The molecule has 2 fully saturated rings. The molecule has 172 valence electrons. The number of amidine groups is 1. The minimum absolute atomic E-state index is 0.0585. The smallest absolute Gasteiger partial charge is 0.274 e. The van der Waals surface area contributed by atoms with Crippen molar-refractivity contribution in [3.05, 3.63) is 46.8 Å². The van der Waals surface area contributed by atoms with Crippen LogP contribution in [-0.4, -0.2) is 32.0 Å². The molecule has 11 heteroatoms. The largest absolute Gasteiger partial charge is 0.389 e. The summed E-state index contributed by atoms with van der Waals surface area (Å²) in [5.41, 5.74) is 3.16. The molecular weight excluding hydrogens is 437 g/mol. The fraction of sp³-hybridized carbons (Fsp3) is 0.476. The Labute approximate surface area is 190 Å². The number of carbonyl (C=O) groups excluding carboxylic acids is 1. The average molecular weight is 464 g/mol. The molecule has 7 N–H and O–H groups in total. The van der Waals surface area contributed by atoms with E-state index in [2.05, 4.69) is 20.8 Å². The summed E-state index contributed by atoms with van der Waals surface area (Å²) in [6, 6.07) is 4.05. The van der Waals surface area contributed by atoms with Gasteiger partial charge in [0.1, 0.15) is 17.3 Å². The van der Waals surface area contributed by atoms with Crippen LogP contribution in [0, 0.1) is 17.7 Å². The van der Waals surface area contributed by atoms with Crippen molar-refractivity contribution >= 4 is 29.0 Å². The highest BCUT2D eigenvalue weighted by Gasteiger charge is 2.50. The number of hydrogen-bond acceptors (Lipinski definition) is 6. The molecule has 32 heavy (non-hydrogen) atoms. The Morgan fingerprint density at radius 1 is 1.41 bits per heavy atom. The molecule has 4 rings (SSSR count). The lowest BCUT2D eigenvalue weighted by Gasteiger charge is -2.25. The summed E-state index contributed by atoms with van der Waals surface area (Å²) in [5, 5.41) is 17.3. The Bertz CT molecular complexity index is 1040. The third kappa shape index (κ3) is 4.30. The molecule has 0 spiro atoms. The van der Waals surface area contributed by atoms with Gasteiger partial charge < -0.3 is 26.3 Å². The zero-order valence-electron chi connectivity index (χ0n) is 17.7. The number of aryl methyl sites for hydroxylation is 1. The van der Waals surface area contributed by atoms with Crippen LogP contribution < -0.4 is 22.4 Å². The van der Waals surface area contributed by atoms with Gasteiger partial charge in [0.25, 0.3) is 5.91 Å². The van der Waals surface area contributed by atoms with E-state index in [0.717, 1.165) is 18.5 Å². The monoisotopic (exact) mass is 463 g/mol. The van der Waals surface area contributed by atoms with Crippen molar-refractivity contribution in [2.45, 2.75) is 43.6 Å². The average Bonchev–Trinajstić information content (AvgIpc) is 3.39. The van der Waals surface area contributed by atoms with Gasteiger partial charge >= 0.3 is 0 Å². The lowest BCUT2D eigenvalue weighted by Crippen LogP contribution is -2.39. The highest BCUT2D eigenvalue weighted by Crippen LogP contribution is 2.54. The number of nitrogens with zero attached hydrogens (tertiary/aromatic N) is 3. The molecule has 0 bridgehead atoms. The molecule has 2 unspecified atom stereocenters. The number of hydrazine groups is 1. The van der Waals surface area contributed by atoms with E-state index in [1.807, 2.05) is 0 Å². The molecule has 1 heterocycles. The van der Waals surface area contributed by atoms with Crippen LogP contribution in [0.25, 0.3) is 0 Å². The van der Waals surface area contributed by atoms with E-state index >= 15 is 0 Å². The number of aliphatic hydroxyl groups is 1. The minimum Gasteiger partial charge on any atom is -0.389 e. The van der Waals surface area contributed by atoms with Gasteiger partial charge in [-0.15, -0.1) is 0 Å². The molecule has 2 aliphatic rings. The number of fused-ring (bicyclic) bond motifs is 1. The molecule has 9 nitrogen and oxygen atoms in total. The van der Waals surface area contributed by atoms with E-state index in [0.29, 0.717) is 41.9 Å². The predicted octanol–water partition coefficient (Wildman–Crippen LogP) is 2.23. The van der Waals surface area contributed by atoms with Gasteiger partial charge in [0.05, 0.1) is 22.6 Å². The highest BCUT2D eigenvalue weighted by molar-refractivity contribution is 6.31. The van der Waals surface area contributed by atoms with Crippen LogP contribution in [0.4, 0.5) is 10.1 Å². The summed E-state index contributed by atoms with van der Waals surface area (Å²) in [5.74, 6) is 11.0. The fourth-order valence-corrected chi connectivity index (χ4v) is 5.55. The third-order valence-corrected chi connectivity index (χ3v) is 6.98. The van der Waals surface area contributed by atoms with Gasteiger partial charge in [-0.05, 0) is 55.7 Å². The van der Waals surface area contributed by atoms with Crippen molar-refractivity contribution in [2.24, 2.45) is 35.7 Å². The maximum atomic E-state index is 13.4. The van der Waals surface area contributed by atoms with Crippen LogP contribution >= 0.6 is 11.6 Å². The number of nitrogens with one attached hydrogen (secondary N) is 2. The van der Waals surface area contributed by atoms with Crippen molar-refractivity contribution in [1.82, 2.24) is 15.0 Å². The number of benzene rings is 1. The molecule has 1 aromatic carbocycles. The summed E-state index contributed by atoms with van der Waals surface area (Å²) in [4.78, 5) is 17.5. The molecule has 2 aliphatic carbocycles. The first-order valence-corrected chi connectivity index (χ1v) is 10.8. The SMILES string of the molecule is Cn1cnc(C2CC3CC(O)(C/C(=N/N)NN)CC3C2)c1C(=O)Nc1ccc(F)c(Cl)c1. The molecule has 0 aliphatic heterocycles. The van der Waals surface area contributed by atoms with Crippen molar-refractivity contribution < 1.29 is 14.3 Å². The summed E-state index contributed by atoms with van der Waals surface area (Å²) in [7, 11) is 1.77. The Balaban J connectivity index is 1.47. The van der Waals surface area contributed by atoms with Gasteiger partial charge in [0.15, 0.2) is 0 Å². The molecule has 0 radical (unpaired) electrons. The second-order valence-electron chi connectivity index (χ2n) is 8.89. The Hall–Kier alpha value is -2.69. The number of anilines is 1. The van der Waals surface area contributed by atoms with Gasteiger partial charge in [0, 0.05) is 25.1 Å². The van der Waals surface area contributed by atoms with Crippen LogP contribution in [0.2, 0.25) is 5.02 Å². The zero-order valence-corrected chi connectivity index (χ0v) is 18.4. The van der Waals surface area contributed by atoms with Gasteiger partial charge in [-0.1, -0.05) is 11.6 Å². The number of nitrogens with two attached hydrogens (primary N) is 2. The van der Waals surface area contributed by atoms with Crippen molar-refractivity contribution in [1.29, 1.82) is 0 Å². The Kier molecular flexibility index (Phi) is 6.11. The number of hydrogen-bond donors (Lipinski definition) is 5. The number of carbonyl (C=O) groups is 1. The second-order valence-corrected chi connectivity index (χ2v) is 9.30. The van der Waals surface area contributed by atoms with E-state index < -0.39 is 11.4 Å². The molecule has 2 saturated carbocycles. The molecule has 1 aromatic heterocycles. The standard InChI is InChI=1S/C21H27ClFN7O2/c1-30-10-26-18(19(30)20(31)27-14-2-3-16(23)15(22)6-14)11-4-12-7-21(32,8-13(12)5-11)9-17(28-24)29-25/h2-3,6,10-13,32H,4-5,7-9,24-25H2,1H3,(H,27,31)(H,28,29). The first-order valence-electron chi connectivity index (χ1n) is 10.5. The maximum absolute atomic E-state index is 13.4. The quantitative estimate of drug-likeness (QED) is 0.199. The van der Waals surface area contributed by atoms with Crippen LogP contribution in [0.1, 0.15) is 54.2 Å². The zero-order chi connectivity index (χ0) is 23.0. The van der Waals surface area contributed by atoms with Crippen LogP contribution in [0.15, 0.2) is 29.6 Å². The minimum atomic E-state index is -0.892. The van der Waals surface area contributed by atoms with Crippen molar-refractivity contribution in [3.63, 3.8) is 0 Å². The van der Waals surface area contributed by atoms with Gasteiger partial charge in [-0.3, -0.25) is 4.79 Å². The van der Waals surface area contributed by atoms with Gasteiger partial charge in [-0.2, -0.15) is 5.10 Å². The van der Waals surface area contributed by atoms with E-state index in [4.69, 9.17) is 23.3 Å². The third-order valence-electron chi connectivity index (χ3n) is 6.69. The summed E-state index contributed by atoms with van der Waals surface area (Å²) in [6.07, 6.45) is 4.82. The first-order chi connectivity index (χ1) is 15.2. The number of aromatic nitrogens is 2. The Morgan fingerprint density at radius 3 is 2.69 bits per heavy atom. The molecular formula is C21H27ClFN7O2. The summed E-state index contributed by atoms with van der Waals surface area (Å²) >= 11 is 5.83. The second kappa shape index (κ2) is 8.68. The molecule has 2 atom stereocenters. The molecule has 0 saturated heterocycles. The number of rotatable bonds is 5. The van der Waals surface area contributed by atoms with E-state index in [1.165, 1.54) is 18.2 Å². The van der Waals surface area contributed by atoms with Gasteiger partial charge in [0.2, 0.25) is 0 Å². The van der Waals surface area contributed by atoms with Crippen molar-refractivity contribution in [3.8, 4) is 0 Å². The molecule has 1 amide bonds. The van der Waals surface area contributed by atoms with Crippen LogP contribution in [0.5, 0.6) is 0 Å².